The molecule has 1 heterocycles. The Morgan fingerprint density at radius 3 is 2.48 bits per heavy atom. The Hall–Kier alpha value is -4.20. The third-order valence-corrected chi connectivity index (χ3v) is 6.94. The van der Waals surface area contributed by atoms with Gasteiger partial charge in [-0.25, -0.2) is 9.78 Å². The van der Waals surface area contributed by atoms with Crippen LogP contribution in [0.1, 0.15) is 27.7 Å². The van der Waals surface area contributed by atoms with E-state index in [1.54, 1.807) is 42.6 Å². The molecule has 0 spiro atoms. The first-order chi connectivity index (χ1) is 19.2. The molecule has 2 N–H and O–H groups in total. The summed E-state index contributed by atoms with van der Waals surface area (Å²) in [4.78, 5) is 16.8. The van der Waals surface area contributed by atoms with E-state index in [2.05, 4.69) is 15.6 Å². The van der Waals surface area contributed by atoms with Crippen LogP contribution in [0.4, 0.5) is 22.0 Å². The number of methoxy groups -OCH3 is 1. The Morgan fingerprint density at radius 2 is 1.75 bits per heavy atom. The van der Waals surface area contributed by atoms with E-state index in [0.717, 1.165) is 10.8 Å². The van der Waals surface area contributed by atoms with Crippen molar-refractivity contribution in [1.29, 1.82) is 0 Å². The maximum atomic E-state index is 12.6. The first-order valence-corrected chi connectivity index (χ1v) is 14.2. The van der Waals surface area contributed by atoms with Crippen molar-refractivity contribution in [1.82, 2.24) is 4.98 Å². The summed E-state index contributed by atoms with van der Waals surface area (Å²) in [6.45, 7) is 7.81. The van der Waals surface area contributed by atoms with Gasteiger partial charge < -0.3 is 24.3 Å². The minimum Gasteiger partial charge on any atom is -0.492 e. The molecule has 9 nitrogen and oxygen atoms in total. The van der Waals surface area contributed by atoms with Crippen LogP contribution < -0.4 is 25.4 Å². The van der Waals surface area contributed by atoms with Gasteiger partial charge in [0.15, 0.2) is 5.75 Å². The van der Waals surface area contributed by atoms with Crippen LogP contribution in [-0.2, 0) is 14.0 Å². The third-order valence-electron chi connectivity index (χ3n) is 5.61. The van der Waals surface area contributed by atoms with E-state index in [1.165, 1.54) is 7.11 Å². The van der Waals surface area contributed by atoms with E-state index in [-0.39, 0.29) is 6.35 Å². The smallest absolute Gasteiger partial charge is 0.412 e. The zero-order chi connectivity index (χ0) is 28.7. The predicted molar refractivity (Wildman–Crippen MR) is 158 cm³/mol. The van der Waals surface area contributed by atoms with Crippen molar-refractivity contribution in [3.63, 3.8) is 0 Å². The molecule has 40 heavy (non-hydrogen) atoms. The fourth-order valence-corrected chi connectivity index (χ4v) is 5.04. The Labute approximate surface area is 234 Å². The largest absolute Gasteiger partial charge is 0.492 e. The number of anilines is 3. The first-order valence-electron chi connectivity index (χ1n) is 12.8. The number of carbonyl (C=O) groups is 1. The summed E-state index contributed by atoms with van der Waals surface area (Å²) < 4.78 is 35.0. The predicted octanol–water partition coefficient (Wildman–Crippen LogP) is 7.57. The van der Waals surface area contributed by atoms with Gasteiger partial charge >= 0.3 is 13.9 Å². The molecule has 1 atom stereocenters. The fraction of sp³-hybridized carbons (Fsp3) is 0.267. The molecule has 0 saturated heterocycles. The monoisotopic (exact) mass is 562 g/mol. The van der Waals surface area contributed by atoms with Crippen molar-refractivity contribution in [2.24, 2.45) is 0 Å². The molecule has 0 saturated carbocycles. The van der Waals surface area contributed by atoms with Gasteiger partial charge in [-0.05, 0) is 58.0 Å². The van der Waals surface area contributed by atoms with Crippen molar-refractivity contribution in [2.45, 2.75) is 33.3 Å². The lowest BCUT2D eigenvalue weighted by Crippen LogP contribution is -2.27. The maximum absolute atomic E-state index is 12.6. The molecular weight excluding hydrogens is 529 g/mol. The lowest BCUT2D eigenvalue weighted by molar-refractivity contribution is 0.0636. The number of nitrogens with zero attached hydrogens (tertiary/aromatic N) is 1. The van der Waals surface area contributed by atoms with E-state index in [1.807, 2.05) is 58.0 Å². The minimum atomic E-state index is -1.73. The summed E-state index contributed by atoms with van der Waals surface area (Å²) in [7, 11) is -0.193. The molecule has 4 aromatic rings. The molecule has 0 radical (unpaired) electrons. The number of rotatable bonds is 10. The van der Waals surface area contributed by atoms with Crippen LogP contribution in [0.3, 0.4) is 0 Å². The second-order valence-electron chi connectivity index (χ2n) is 9.77. The number of aromatic nitrogens is 1. The highest BCUT2D eigenvalue weighted by atomic mass is 31.1. The molecule has 0 aliphatic rings. The van der Waals surface area contributed by atoms with Gasteiger partial charge in [-0.2, -0.15) is 0 Å². The van der Waals surface area contributed by atoms with E-state index < -0.39 is 19.5 Å². The van der Waals surface area contributed by atoms with Gasteiger partial charge in [-0.1, -0.05) is 28.8 Å². The highest BCUT2D eigenvalue weighted by molar-refractivity contribution is 7.53. The average Bonchev–Trinajstić information content (AvgIpc) is 2.92. The molecule has 3 aromatic carbocycles. The number of hydrogen-bond donors (Lipinski definition) is 2. The first kappa shape index (κ1) is 28.8. The van der Waals surface area contributed by atoms with Gasteiger partial charge in [0.25, 0.3) is 6.35 Å². The zero-order valence-corrected chi connectivity index (χ0v) is 24.1. The summed E-state index contributed by atoms with van der Waals surface area (Å²) in [6.07, 6.45) is 1.26. The third kappa shape index (κ3) is 7.46. The lowest BCUT2D eigenvalue weighted by Gasteiger charge is -2.20. The number of fused-ring (bicyclic) bond motifs is 1. The van der Waals surface area contributed by atoms with Crippen LogP contribution in [0.25, 0.3) is 10.8 Å². The second-order valence-corrected chi connectivity index (χ2v) is 11.3. The van der Waals surface area contributed by atoms with Crippen molar-refractivity contribution >= 4 is 47.2 Å². The number of ether oxygens (including phenoxy) is 4. The van der Waals surface area contributed by atoms with Crippen molar-refractivity contribution in [3.8, 4) is 17.2 Å². The standard InChI is InChI=1S/C30H32N3O6P/c1-6-37-19-40(35)27-14-11-20(17-26(27)36-5)32-28-18-21(15-16-31-28)38-25-13-12-24(22-9-7-8-10-23(22)25)33-29(34)39-30(2,3)4/h7-18H,6,19H2,1-5H3,(H-,31,32,33,34,35)/p+1. The number of hydrogen-bond acceptors (Lipinski definition) is 8. The molecule has 208 valence electrons. The molecular formula is C30H33N3O6P+. The number of carbonyl (C=O) groups excluding carboxylic acids is 1. The Morgan fingerprint density at radius 1 is 0.975 bits per heavy atom. The highest BCUT2D eigenvalue weighted by Gasteiger charge is 2.25. The summed E-state index contributed by atoms with van der Waals surface area (Å²) in [5.74, 6) is 2.24. The van der Waals surface area contributed by atoms with Gasteiger partial charge in [-0.15, -0.1) is 0 Å². The van der Waals surface area contributed by atoms with Gasteiger partial charge in [0.1, 0.15) is 22.9 Å². The molecule has 4 rings (SSSR count). The lowest BCUT2D eigenvalue weighted by atomic mass is 10.1. The fourth-order valence-electron chi connectivity index (χ4n) is 3.91. The number of amides is 1. The molecule has 10 heteroatoms. The summed E-state index contributed by atoms with van der Waals surface area (Å²) in [5.41, 5.74) is 0.731. The molecule has 1 amide bonds. The molecule has 0 aliphatic heterocycles. The molecule has 0 bridgehead atoms. The van der Waals surface area contributed by atoms with Crippen LogP contribution in [0.2, 0.25) is 0 Å². The summed E-state index contributed by atoms with van der Waals surface area (Å²) in [6, 6.07) is 20.1. The number of pyridine rings is 1. The summed E-state index contributed by atoms with van der Waals surface area (Å²) in [5, 5.41) is 8.30. The van der Waals surface area contributed by atoms with E-state index in [0.29, 0.717) is 46.4 Å². The van der Waals surface area contributed by atoms with Crippen LogP contribution >= 0.6 is 7.80 Å². The van der Waals surface area contributed by atoms with E-state index in [4.69, 9.17) is 18.9 Å². The van der Waals surface area contributed by atoms with Crippen molar-refractivity contribution in [3.05, 3.63) is 72.9 Å². The van der Waals surface area contributed by atoms with Gasteiger partial charge in [0, 0.05) is 41.4 Å². The zero-order valence-electron chi connectivity index (χ0n) is 23.2. The topological polar surface area (TPSA) is 108 Å². The van der Waals surface area contributed by atoms with Crippen LogP contribution in [0, 0.1) is 0 Å². The summed E-state index contributed by atoms with van der Waals surface area (Å²) >= 11 is 0. The highest BCUT2D eigenvalue weighted by Crippen LogP contribution is 2.35. The van der Waals surface area contributed by atoms with E-state index in [9.17, 15) is 9.36 Å². The maximum Gasteiger partial charge on any atom is 0.412 e. The molecule has 1 aromatic heterocycles. The minimum absolute atomic E-state index is 0.142. The van der Waals surface area contributed by atoms with Gasteiger partial charge in [0.05, 0.1) is 12.8 Å². The molecule has 0 fully saturated rings. The molecule has 1 unspecified atom stereocenters. The average molecular weight is 563 g/mol. The normalized spacial score (nSPS) is 11.6. The van der Waals surface area contributed by atoms with E-state index >= 15 is 0 Å². The van der Waals surface area contributed by atoms with Gasteiger partial charge in [-0.3, -0.25) is 5.32 Å². The quantitative estimate of drug-likeness (QED) is 0.191. The van der Waals surface area contributed by atoms with Crippen LogP contribution in [0.15, 0.2) is 72.9 Å². The Bertz CT molecular complexity index is 1520. The second kappa shape index (κ2) is 12.8. The Balaban J connectivity index is 1.53. The Kier molecular flexibility index (Phi) is 9.19. The van der Waals surface area contributed by atoms with Crippen LogP contribution in [-0.4, -0.2) is 36.7 Å². The SMILES string of the molecule is CCOC[P+](=O)c1ccc(Nc2cc(Oc3ccc(NC(=O)OC(C)(C)C)c4ccccc34)ccn2)cc1OC. The number of nitrogens with one attached hydrogen (secondary N) is 2. The molecule has 0 aliphatic carbocycles. The van der Waals surface area contributed by atoms with Crippen molar-refractivity contribution < 1.29 is 28.3 Å². The van der Waals surface area contributed by atoms with Crippen LogP contribution in [0.5, 0.6) is 17.2 Å². The van der Waals surface area contributed by atoms with Crippen molar-refractivity contribution in [2.75, 3.05) is 30.7 Å². The number of benzene rings is 3. The van der Waals surface area contributed by atoms with Gasteiger partial charge in [0.2, 0.25) is 5.30 Å².